The van der Waals surface area contributed by atoms with Gasteiger partial charge in [0.05, 0.1) is 7.11 Å². The smallest absolute Gasteiger partial charge is 0.220 e. The zero-order chi connectivity index (χ0) is 9.26. The summed E-state index contributed by atoms with van der Waals surface area (Å²) in [6.07, 6.45) is 0. The lowest BCUT2D eigenvalue weighted by Gasteiger charge is -2.02. The second-order valence-corrected chi connectivity index (χ2v) is 2.85. The van der Waals surface area contributed by atoms with Crippen LogP contribution in [0.4, 0.5) is 0 Å². The van der Waals surface area contributed by atoms with Crippen molar-refractivity contribution < 1.29 is 9.84 Å². The zero-order valence-corrected chi connectivity index (χ0v) is 7.28. The number of rotatable bonds is 1. The Morgan fingerprint density at radius 1 is 1.08 bits per heavy atom. The Morgan fingerprint density at radius 3 is 2.31 bits per heavy atom. The van der Waals surface area contributed by atoms with E-state index in [9.17, 15) is 5.11 Å². The highest BCUT2D eigenvalue weighted by Crippen LogP contribution is 2.31. The normalized spacial score (nSPS) is 10.2. The van der Waals surface area contributed by atoms with Crippen LogP contribution in [0.3, 0.4) is 0 Å². The van der Waals surface area contributed by atoms with Gasteiger partial charge in [-0.15, -0.1) is 0 Å². The van der Waals surface area contributed by atoms with Crippen molar-refractivity contribution in [1.29, 1.82) is 0 Å². The SMILES string of the molecule is COc1cc2ccccc2cc1[O]. The molecular formula is C11H9O2. The lowest BCUT2D eigenvalue weighted by Crippen LogP contribution is -1.82. The highest BCUT2D eigenvalue weighted by molar-refractivity contribution is 5.85. The summed E-state index contributed by atoms with van der Waals surface area (Å²) >= 11 is 0. The topological polar surface area (TPSA) is 29.1 Å². The molecule has 2 aromatic rings. The molecule has 1 radical (unpaired) electrons. The van der Waals surface area contributed by atoms with Gasteiger partial charge in [-0.05, 0) is 22.9 Å². The Bertz CT molecular complexity index is 435. The average Bonchev–Trinajstić information content (AvgIpc) is 2.17. The van der Waals surface area contributed by atoms with Crippen LogP contribution in [0, 0.1) is 0 Å². The maximum Gasteiger partial charge on any atom is 0.220 e. The molecule has 2 aromatic carbocycles. The molecule has 0 heterocycles. The van der Waals surface area contributed by atoms with Crippen molar-refractivity contribution in [3.05, 3.63) is 36.4 Å². The first kappa shape index (κ1) is 7.92. The molecule has 0 aliphatic heterocycles. The van der Waals surface area contributed by atoms with E-state index in [2.05, 4.69) is 0 Å². The maximum atomic E-state index is 11.3. The van der Waals surface area contributed by atoms with Gasteiger partial charge in [0.15, 0.2) is 5.75 Å². The van der Waals surface area contributed by atoms with Gasteiger partial charge in [0.2, 0.25) is 5.75 Å². The van der Waals surface area contributed by atoms with Crippen molar-refractivity contribution in [2.45, 2.75) is 0 Å². The Kier molecular flexibility index (Phi) is 1.81. The first-order chi connectivity index (χ1) is 6.31. The summed E-state index contributed by atoms with van der Waals surface area (Å²) in [5, 5.41) is 13.3. The van der Waals surface area contributed by atoms with E-state index < -0.39 is 0 Å². The Morgan fingerprint density at radius 2 is 1.69 bits per heavy atom. The Hall–Kier alpha value is -1.70. The maximum absolute atomic E-state index is 11.3. The van der Waals surface area contributed by atoms with E-state index in [0.29, 0.717) is 5.75 Å². The van der Waals surface area contributed by atoms with Gasteiger partial charge < -0.3 is 4.74 Å². The summed E-state index contributed by atoms with van der Waals surface area (Å²) in [4.78, 5) is 0. The number of fused-ring (bicyclic) bond motifs is 1. The monoisotopic (exact) mass is 173 g/mol. The second kappa shape index (κ2) is 2.98. The van der Waals surface area contributed by atoms with Gasteiger partial charge in [0, 0.05) is 0 Å². The van der Waals surface area contributed by atoms with Crippen molar-refractivity contribution in [1.82, 2.24) is 0 Å². The molecule has 0 aliphatic carbocycles. The molecule has 0 saturated carbocycles. The fourth-order valence-corrected chi connectivity index (χ4v) is 1.36. The lowest BCUT2D eigenvalue weighted by molar-refractivity contribution is 0.316. The molecule has 0 spiro atoms. The van der Waals surface area contributed by atoms with Crippen LogP contribution in [-0.2, 0) is 5.11 Å². The summed E-state index contributed by atoms with van der Waals surface area (Å²) in [5.74, 6) is 0.333. The largest absolute Gasteiger partial charge is 0.493 e. The van der Waals surface area contributed by atoms with Crippen LogP contribution in [0.25, 0.3) is 10.8 Å². The molecule has 0 aliphatic rings. The molecule has 0 N–H and O–H groups in total. The molecule has 0 saturated heterocycles. The van der Waals surface area contributed by atoms with Crippen molar-refractivity contribution in [2.75, 3.05) is 7.11 Å². The minimum Gasteiger partial charge on any atom is -0.493 e. The first-order valence-corrected chi connectivity index (χ1v) is 4.05. The molecule has 65 valence electrons. The minimum atomic E-state index is -0.0683. The van der Waals surface area contributed by atoms with Gasteiger partial charge in [0.25, 0.3) is 0 Å². The molecule has 13 heavy (non-hydrogen) atoms. The summed E-state index contributed by atoms with van der Waals surface area (Å²) < 4.78 is 4.94. The van der Waals surface area contributed by atoms with Gasteiger partial charge in [-0.25, -0.2) is 0 Å². The third-order valence-electron chi connectivity index (χ3n) is 2.03. The van der Waals surface area contributed by atoms with Crippen LogP contribution in [0.5, 0.6) is 11.5 Å². The average molecular weight is 173 g/mol. The van der Waals surface area contributed by atoms with Gasteiger partial charge in [-0.1, -0.05) is 24.3 Å². The quantitative estimate of drug-likeness (QED) is 0.651. The third kappa shape index (κ3) is 1.31. The van der Waals surface area contributed by atoms with Crippen molar-refractivity contribution >= 4 is 10.8 Å². The number of benzene rings is 2. The van der Waals surface area contributed by atoms with E-state index in [1.807, 2.05) is 24.3 Å². The van der Waals surface area contributed by atoms with Crippen LogP contribution in [0.2, 0.25) is 0 Å². The molecule has 0 fully saturated rings. The molecule has 2 nitrogen and oxygen atoms in total. The number of methoxy groups -OCH3 is 1. The van der Waals surface area contributed by atoms with E-state index in [-0.39, 0.29) is 5.75 Å². The Labute approximate surface area is 76.4 Å². The van der Waals surface area contributed by atoms with Crippen LogP contribution >= 0.6 is 0 Å². The molecule has 0 unspecified atom stereocenters. The summed E-state index contributed by atoms with van der Waals surface area (Å²) in [7, 11) is 1.51. The Balaban J connectivity index is 2.74. The fourth-order valence-electron chi connectivity index (χ4n) is 1.36. The molecule has 2 heteroatoms. The van der Waals surface area contributed by atoms with Gasteiger partial charge in [-0.3, -0.25) is 5.11 Å². The van der Waals surface area contributed by atoms with Crippen LogP contribution in [-0.4, -0.2) is 7.11 Å². The molecule has 0 bridgehead atoms. The highest BCUT2D eigenvalue weighted by Gasteiger charge is 2.04. The highest BCUT2D eigenvalue weighted by atomic mass is 16.5. The summed E-state index contributed by atoms with van der Waals surface area (Å²) in [6.45, 7) is 0. The third-order valence-corrected chi connectivity index (χ3v) is 2.03. The number of hydrogen-bond donors (Lipinski definition) is 0. The van der Waals surface area contributed by atoms with E-state index in [0.717, 1.165) is 10.8 Å². The van der Waals surface area contributed by atoms with E-state index >= 15 is 0 Å². The molecule has 0 aromatic heterocycles. The van der Waals surface area contributed by atoms with E-state index in [4.69, 9.17) is 4.74 Å². The van der Waals surface area contributed by atoms with Crippen molar-refractivity contribution in [3.8, 4) is 11.5 Å². The molecule has 0 amide bonds. The molecular weight excluding hydrogens is 164 g/mol. The van der Waals surface area contributed by atoms with Gasteiger partial charge >= 0.3 is 0 Å². The first-order valence-electron chi connectivity index (χ1n) is 4.05. The van der Waals surface area contributed by atoms with Crippen LogP contribution in [0.1, 0.15) is 0 Å². The standard InChI is InChI=1S/C11H9O2/c1-13-11-7-9-5-3-2-4-8(9)6-10(11)12/h2-7H,1H3. The predicted octanol–water partition coefficient (Wildman–Crippen LogP) is 2.99. The predicted molar refractivity (Wildman–Crippen MR) is 50.6 cm³/mol. The van der Waals surface area contributed by atoms with Gasteiger partial charge in [0.1, 0.15) is 0 Å². The summed E-state index contributed by atoms with van der Waals surface area (Å²) in [5.41, 5.74) is 0. The lowest BCUT2D eigenvalue weighted by atomic mass is 10.1. The summed E-state index contributed by atoms with van der Waals surface area (Å²) in [6, 6.07) is 11.1. The zero-order valence-electron chi connectivity index (χ0n) is 7.28. The van der Waals surface area contributed by atoms with Crippen LogP contribution < -0.4 is 4.74 Å². The minimum absolute atomic E-state index is 0.0683. The molecule has 0 atom stereocenters. The number of hydrogen-bond acceptors (Lipinski definition) is 1. The second-order valence-electron chi connectivity index (χ2n) is 2.85. The van der Waals surface area contributed by atoms with Crippen LogP contribution in [0.15, 0.2) is 36.4 Å². The van der Waals surface area contributed by atoms with Crippen molar-refractivity contribution in [2.24, 2.45) is 0 Å². The van der Waals surface area contributed by atoms with Crippen molar-refractivity contribution in [3.63, 3.8) is 0 Å². The molecule has 2 rings (SSSR count). The fraction of sp³-hybridized carbons (Fsp3) is 0.0909. The van der Waals surface area contributed by atoms with E-state index in [1.54, 1.807) is 12.1 Å². The van der Waals surface area contributed by atoms with Gasteiger partial charge in [-0.2, -0.15) is 0 Å². The number of ether oxygens (including phenoxy) is 1. The van der Waals surface area contributed by atoms with E-state index in [1.165, 1.54) is 7.11 Å².